The third-order valence-electron chi connectivity index (χ3n) is 4.70. The molecule has 1 aromatic rings. The SMILES string of the molecule is CCC1CCCCC1C(NN)c1ccccc1C(F)(F)F. The molecule has 0 spiro atoms. The summed E-state index contributed by atoms with van der Waals surface area (Å²) < 4.78 is 39.7. The van der Waals surface area contributed by atoms with Crippen LogP contribution in [0, 0.1) is 11.8 Å². The number of halogens is 3. The van der Waals surface area contributed by atoms with Gasteiger partial charge >= 0.3 is 6.18 Å². The Kier molecular flexibility index (Phi) is 5.27. The van der Waals surface area contributed by atoms with Gasteiger partial charge in [-0.1, -0.05) is 50.8 Å². The van der Waals surface area contributed by atoms with Gasteiger partial charge in [0.05, 0.1) is 5.56 Å². The predicted molar refractivity (Wildman–Crippen MR) is 77.2 cm³/mol. The van der Waals surface area contributed by atoms with Gasteiger partial charge in [0.1, 0.15) is 0 Å². The van der Waals surface area contributed by atoms with E-state index in [1.54, 1.807) is 12.1 Å². The van der Waals surface area contributed by atoms with Crippen LogP contribution in [-0.4, -0.2) is 0 Å². The number of hydrazine groups is 1. The van der Waals surface area contributed by atoms with E-state index in [1.165, 1.54) is 6.07 Å². The van der Waals surface area contributed by atoms with Crippen LogP contribution in [0.25, 0.3) is 0 Å². The van der Waals surface area contributed by atoms with Crippen molar-refractivity contribution in [2.24, 2.45) is 17.7 Å². The van der Waals surface area contributed by atoms with E-state index in [4.69, 9.17) is 5.84 Å². The van der Waals surface area contributed by atoms with E-state index >= 15 is 0 Å². The topological polar surface area (TPSA) is 38.0 Å². The van der Waals surface area contributed by atoms with Crippen LogP contribution < -0.4 is 11.3 Å². The molecule has 5 heteroatoms. The first kappa shape index (κ1) is 16.3. The molecule has 1 saturated carbocycles. The van der Waals surface area contributed by atoms with E-state index in [9.17, 15) is 13.2 Å². The minimum atomic E-state index is -4.35. The van der Waals surface area contributed by atoms with Gasteiger partial charge in [-0.25, -0.2) is 0 Å². The lowest BCUT2D eigenvalue weighted by molar-refractivity contribution is -0.138. The monoisotopic (exact) mass is 300 g/mol. The van der Waals surface area contributed by atoms with Gasteiger partial charge in [0, 0.05) is 6.04 Å². The van der Waals surface area contributed by atoms with Crippen molar-refractivity contribution in [1.82, 2.24) is 5.43 Å². The van der Waals surface area contributed by atoms with Crippen LogP contribution >= 0.6 is 0 Å². The lowest BCUT2D eigenvalue weighted by Gasteiger charge is -2.37. The summed E-state index contributed by atoms with van der Waals surface area (Å²) in [5.74, 6) is 6.24. The van der Waals surface area contributed by atoms with Crippen molar-refractivity contribution in [2.45, 2.75) is 51.2 Å². The second-order valence-corrected chi connectivity index (χ2v) is 5.85. The predicted octanol–water partition coefficient (Wildman–Crippen LogP) is 4.43. The molecule has 3 N–H and O–H groups in total. The first-order valence-electron chi connectivity index (χ1n) is 7.61. The zero-order valence-electron chi connectivity index (χ0n) is 12.3. The average Bonchev–Trinajstić information content (AvgIpc) is 2.48. The fourth-order valence-corrected chi connectivity index (χ4v) is 3.65. The fourth-order valence-electron chi connectivity index (χ4n) is 3.65. The zero-order chi connectivity index (χ0) is 15.5. The van der Waals surface area contributed by atoms with Crippen LogP contribution in [0.3, 0.4) is 0 Å². The molecule has 1 aliphatic carbocycles. The van der Waals surface area contributed by atoms with Crippen molar-refractivity contribution in [2.75, 3.05) is 0 Å². The highest BCUT2D eigenvalue weighted by Crippen LogP contribution is 2.43. The van der Waals surface area contributed by atoms with Crippen LogP contribution in [0.2, 0.25) is 0 Å². The summed E-state index contributed by atoms with van der Waals surface area (Å²) >= 11 is 0. The molecule has 0 heterocycles. The van der Waals surface area contributed by atoms with E-state index in [0.717, 1.165) is 38.2 Å². The van der Waals surface area contributed by atoms with Crippen molar-refractivity contribution in [3.8, 4) is 0 Å². The molecular weight excluding hydrogens is 277 g/mol. The number of hydrogen-bond donors (Lipinski definition) is 2. The summed E-state index contributed by atoms with van der Waals surface area (Å²) in [6.07, 6.45) is 0.868. The van der Waals surface area contributed by atoms with Crippen LogP contribution in [0.4, 0.5) is 13.2 Å². The normalized spacial score (nSPS) is 24.8. The maximum absolute atomic E-state index is 13.2. The Bertz CT molecular complexity index is 459. The highest BCUT2D eigenvalue weighted by atomic mass is 19.4. The first-order chi connectivity index (χ1) is 9.99. The Labute approximate surface area is 123 Å². The molecule has 0 aromatic heterocycles. The third kappa shape index (κ3) is 3.58. The standard InChI is InChI=1S/C16H23F3N2/c1-2-11-7-3-4-8-12(11)15(21-20)13-9-5-6-10-14(13)16(17,18)19/h5-6,9-12,15,21H,2-4,7-8,20H2,1H3. The molecule has 3 unspecified atom stereocenters. The number of nitrogens with one attached hydrogen (secondary N) is 1. The summed E-state index contributed by atoms with van der Waals surface area (Å²) in [5.41, 5.74) is 2.37. The number of nitrogens with two attached hydrogens (primary N) is 1. The second kappa shape index (κ2) is 6.79. The van der Waals surface area contributed by atoms with Crippen molar-refractivity contribution in [3.05, 3.63) is 35.4 Å². The zero-order valence-corrected chi connectivity index (χ0v) is 12.3. The second-order valence-electron chi connectivity index (χ2n) is 5.85. The van der Waals surface area contributed by atoms with E-state index in [1.807, 2.05) is 0 Å². The molecule has 0 saturated heterocycles. The van der Waals surface area contributed by atoms with Gasteiger partial charge in [0.2, 0.25) is 0 Å². The summed E-state index contributed by atoms with van der Waals surface area (Å²) in [6.45, 7) is 2.10. The van der Waals surface area contributed by atoms with Crippen LogP contribution in [-0.2, 0) is 6.18 Å². The number of hydrogen-bond acceptors (Lipinski definition) is 2. The fraction of sp³-hybridized carbons (Fsp3) is 0.625. The summed E-state index contributed by atoms with van der Waals surface area (Å²) in [7, 11) is 0. The van der Waals surface area contributed by atoms with Crippen molar-refractivity contribution in [3.63, 3.8) is 0 Å². The van der Waals surface area contributed by atoms with E-state index in [2.05, 4.69) is 12.3 Å². The molecule has 3 atom stereocenters. The maximum atomic E-state index is 13.2. The first-order valence-corrected chi connectivity index (χ1v) is 7.61. The van der Waals surface area contributed by atoms with Crippen LogP contribution in [0.1, 0.15) is 56.2 Å². The molecule has 0 bridgehead atoms. The highest BCUT2D eigenvalue weighted by Gasteiger charge is 2.38. The number of benzene rings is 1. The molecule has 0 amide bonds. The Morgan fingerprint density at radius 2 is 1.90 bits per heavy atom. The molecule has 118 valence electrons. The average molecular weight is 300 g/mol. The van der Waals surface area contributed by atoms with Gasteiger partial charge in [-0.05, 0) is 29.9 Å². The minimum absolute atomic E-state index is 0.164. The van der Waals surface area contributed by atoms with Crippen molar-refractivity contribution < 1.29 is 13.2 Å². The van der Waals surface area contributed by atoms with E-state index in [-0.39, 0.29) is 11.5 Å². The summed E-state index contributed by atoms with van der Waals surface area (Å²) in [5, 5.41) is 0. The molecule has 21 heavy (non-hydrogen) atoms. The number of alkyl halides is 3. The van der Waals surface area contributed by atoms with Gasteiger partial charge in [0.25, 0.3) is 0 Å². The van der Waals surface area contributed by atoms with Gasteiger partial charge in [-0.2, -0.15) is 13.2 Å². The molecule has 0 aliphatic heterocycles. The summed E-state index contributed by atoms with van der Waals surface area (Å²) in [6, 6.07) is 5.34. The van der Waals surface area contributed by atoms with E-state index in [0.29, 0.717) is 5.92 Å². The molecular formula is C16H23F3N2. The Balaban J connectivity index is 2.37. The molecule has 1 aromatic carbocycles. The Morgan fingerprint density at radius 1 is 1.24 bits per heavy atom. The van der Waals surface area contributed by atoms with E-state index < -0.39 is 17.8 Å². The summed E-state index contributed by atoms with van der Waals surface area (Å²) in [4.78, 5) is 0. The molecule has 2 rings (SSSR count). The third-order valence-corrected chi connectivity index (χ3v) is 4.70. The molecule has 2 nitrogen and oxygen atoms in total. The van der Waals surface area contributed by atoms with Crippen molar-refractivity contribution >= 4 is 0 Å². The smallest absolute Gasteiger partial charge is 0.271 e. The van der Waals surface area contributed by atoms with Crippen molar-refractivity contribution in [1.29, 1.82) is 0 Å². The largest absolute Gasteiger partial charge is 0.416 e. The number of rotatable bonds is 4. The van der Waals surface area contributed by atoms with Crippen LogP contribution in [0.5, 0.6) is 0 Å². The minimum Gasteiger partial charge on any atom is -0.271 e. The Hall–Kier alpha value is -1.07. The quantitative estimate of drug-likeness (QED) is 0.638. The molecule has 0 radical (unpaired) electrons. The van der Waals surface area contributed by atoms with Gasteiger partial charge in [0.15, 0.2) is 0 Å². The van der Waals surface area contributed by atoms with Gasteiger partial charge in [-0.15, -0.1) is 0 Å². The van der Waals surface area contributed by atoms with Crippen LogP contribution in [0.15, 0.2) is 24.3 Å². The maximum Gasteiger partial charge on any atom is 0.416 e. The lowest BCUT2D eigenvalue weighted by Crippen LogP contribution is -2.39. The lowest BCUT2D eigenvalue weighted by atomic mass is 9.72. The van der Waals surface area contributed by atoms with Gasteiger partial charge < -0.3 is 0 Å². The molecule has 1 aliphatic rings. The highest BCUT2D eigenvalue weighted by molar-refractivity contribution is 5.33. The molecule has 1 fully saturated rings. The Morgan fingerprint density at radius 3 is 2.52 bits per heavy atom. The van der Waals surface area contributed by atoms with Gasteiger partial charge in [-0.3, -0.25) is 11.3 Å².